The van der Waals surface area contributed by atoms with E-state index in [0.29, 0.717) is 6.61 Å². The third kappa shape index (κ3) is 7.14. The van der Waals surface area contributed by atoms with Crippen LogP contribution in [-0.2, 0) is 19.0 Å². The van der Waals surface area contributed by atoms with Crippen LogP contribution >= 0.6 is 0 Å². The minimum Gasteiger partial charge on any atom is -0.463 e. The van der Waals surface area contributed by atoms with Crippen molar-refractivity contribution in [2.45, 2.75) is 83.1 Å². The average molecular weight is 334 g/mol. The van der Waals surface area contributed by atoms with Crippen LogP contribution in [0.25, 0.3) is 0 Å². The lowest BCUT2D eigenvalue weighted by molar-refractivity contribution is -0.301. The molecule has 0 aromatic carbocycles. The molecule has 1 saturated heterocycles. The molecule has 0 aliphatic carbocycles. The monoisotopic (exact) mass is 334 g/mol. The van der Waals surface area contributed by atoms with Gasteiger partial charge in [-0.3, -0.25) is 4.79 Å². The zero-order chi connectivity index (χ0) is 17.2. The number of esters is 1. The van der Waals surface area contributed by atoms with E-state index >= 15 is 0 Å². The fraction of sp³-hybridized carbons (Fsp3) is 0.938. The summed E-state index contributed by atoms with van der Waals surface area (Å²) in [6.45, 7) is 3.61. The van der Waals surface area contributed by atoms with Gasteiger partial charge < -0.3 is 29.5 Å². The molecule has 0 bridgehead atoms. The fourth-order valence-corrected chi connectivity index (χ4v) is 2.47. The van der Waals surface area contributed by atoms with E-state index < -0.39 is 36.7 Å². The first-order chi connectivity index (χ1) is 11.0. The van der Waals surface area contributed by atoms with Gasteiger partial charge in [0.25, 0.3) is 0 Å². The van der Waals surface area contributed by atoms with Crippen LogP contribution in [0.15, 0.2) is 0 Å². The van der Waals surface area contributed by atoms with Gasteiger partial charge in [-0.2, -0.15) is 0 Å². The first kappa shape index (κ1) is 20.3. The van der Waals surface area contributed by atoms with Gasteiger partial charge >= 0.3 is 5.97 Å². The molecule has 0 aromatic heterocycles. The second kappa shape index (κ2) is 10.9. The van der Waals surface area contributed by atoms with Crippen molar-refractivity contribution in [3.8, 4) is 0 Å². The predicted octanol–water partition coefficient (Wildman–Crippen LogP) is 0.734. The highest BCUT2D eigenvalue weighted by Gasteiger charge is 2.44. The van der Waals surface area contributed by atoms with Gasteiger partial charge in [0.1, 0.15) is 31.0 Å². The summed E-state index contributed by atoms with van der Waals surface area (Å²) in [5.74, 6) is -0.508. The standard InChI is InChI=1S/C16H30O7/c1-3-4-5-6-7-8-9-21-16-15(20)14(19)13(18)12(23-16)10-22-11(2)17/h12-16,18-20H,3-10H2,1-2H3/t12-,13-,14+,15+,16+/m1/s1. The maximum Gasteiger partial charge on any atom is 0.302 e. The summed E-state index contributed by atoms with van der Waals surface area (Å²) in [6, 6.07) is 0. The van der Waals surface area contributed by atoms with Crippen molar-refractivity contribution in [3.63, 3.8) is 0 Å². The van der Waals surface area contributed by atoms with Crippen LogP contribution in [0.4, 0.5) is 0 Å². The Labute approximate surface area is 137 Å². The number of aliphatic hydroxyl groups excluding tert-OH is 3. The summed E-state index contributed by atoms with van der Waals surface area (Å²) >= 11 is 0. The first-order valence-electron chi connectivity index (χ1n) is 8.42. The summed E-state index contributed by atoms with van der Waals surface area (Å²) in [7, 11) is 0. The van der Waals surface area contributed by atoms with E-state index in [4.69, 9.17) is 14.2 Å². The van der Waals surface area contributed by atoms with Crippen molar-refractivity contribution in [1.82, 2.24) is 0 Å². The van der Waals surface area contributed by atoms with E-state index in [2.05, 4.69) is 6.92 Å². The molecule has 136 valence electrons. The molecule has 0 saturated carbocycles. The van der Waals surface area contributed by atoms with E-state index in [-0.39, 0.29) is 6.61 Å². The summed E-state index contributed by atoms with van der Waals surface area (Å²) < 4.78 is 15.7. The topological polar surface area (TPSA) is 105 Å². The smallest absolute Gasteiger partial charge is 0.302 e. The van der Waals surface area contributed by atoms with Crippen molar-refractivity contribution in [2.24, 2.45) is 0 Å². The van der Waals surface area contributed by atoms with Crippen LogP contribution in [0.1, 0.15) is 52.4 Å². The Bertz CT molecular complexity index is 336. The molecule has 0 spiro atoms. The molecule has 3 N–H and O–H groups in total. The van der Waals surface area contributed by atoms with Crippen LogP contribution in [0.2, 0.25) is 0 Å². The largest absolute Gasteiger partial charge is 0.463 e. The van der Waals surface area contributed by atoms with Gasteiger partial charge in [-0.25, -0.2) is 0 Å². The highest BCUT2D eigenvalue weighted by molar-refractivity contribution is 5.65. The van der Waals surface area contributed by atoms with Crippen LogP contribution in [0, 0.1) is 0 Å². The van der Waals surface area contributed by atoms with Gasteiger partial charge in [0, 0.05) is 13.5 Å². The fourth-order valence-electron chi connectivity index (χ4n) is 2.47. The zero-order valence-corrected chi connectivity index (χ0v) is 14.0. The molecular weight excluding hydrogens is 304 g/mol. The van der Waals surface area contributed by atoms with E-state index in [1.54, 1.807) is 0 Å². The summed E-state index contributed by atoms with van der Waals surface area (Å²) in [6.07, 6.45) is 0.604. The maximum absolute atomic E-state index is 10.8. The third-order valence-corrected chi connectivity index (χ3v) is 3.90. The van der Waals surface area contributed by atoms with E-state index in [0.717, 1.165) is 19.3 Å². The van der Waals surface area contributed by atoms with Gasteiger partial charge in [-0.15, -0.1) is 0 Å². The van der Waals surface area contributed by atoms with Crippen molar-refractivity contribution in [1.29, 1.82) is 0 Å². The molecule has 1 aliphatic rings. The number of aliphatic hydroxyl groups is 3. The Morgan fingerprint density at radius 2 is 1.65 bits per heavy atom. The third-order valence-electron chi connectivity index (χ3n) is 3.90. The number of unbranched alkanes of at least 4 members (excludes halogenated alkanes) is 5. The second-order valence-corrected chi connectivity index (χ2v) is 5.96. The van der Waals surface area contributed by atoms with Crippen molar-refractivity contribution < 1.29 is 34.3 Å². The lowest BCUT2D eigenvalue weighted by Gasteiger charge is -2.39. The Hall–Kier alpha value is -0.730. The minimum atomic E-state index is -1.40. The molecule has 1 aliphatic heterocycles. The van der Waals surface area contributed by atoms with E-state index in [1.165, 1.54) is 26.2 Å². The number of hydrogen-bond donors (Lipinski definition) is 3. The maximum atomic E-state index is 10.8. The average Bonchev–Trinajstić information content (AvgIpc) is 2.52. The van der Waals surface area contributed by atoms with Crippen molar-refractivity contribution in [2.75, 3.05) is 13.2 Å². The van der Waals surface area contributed by atoms with Gasteiger partial charge in [-0.1, -0.05) is 39.0 Å². The molecule has 5 atom stereocenters. The van der Waals surface area contributed by atoms with E-state index in [1.807, 2.05) is 0 Å². The van der Waals surface area contributed by atoms with Crippen LogP contribution < -0.4 is 0 Å². The molecule has 0 radical (unpaired) electrons. The van der Waals surface area contributed by atoms with Gasteiger partial charge in [-0.05, 0) is 6.42 Å². The number of carbonyl (C=O) groups excluding carboxylic acids is 1. The SMILES string of the molecule is CCCCCCCCO[C@H]1O[C@H](COC(C)=O)[C@@H](O)[C@H](O)[C@@H]1O. The molecule has 0 amide bonds. The van der Waals surface area contributed by atoms with Gasteiger partial charge in [0.2, 0.25) is 0 Å². The predicted molar refractivity (Wildman–Crippen MR) is 82.6 cm³/mol. The zero-order valence-electron chi connectivity index (χ0n) is 14.0. The molecule has 7 nitrogen and oxygen atoms in total. The summed E-state index contributed by atoms with van der Waals surface area (Å²) in [4.78, 5) is 10.8. The highest BCUT2D eigenvalue weighted by atomic mass is 16.7. The van der Waals surface area contributed by atoms with Crippen LogP contribution in [-0.4, -0.2) is 65.2 Å². The molecule has 7 heteroatoms. The number of rotatable bonds is 10. The Morgan fingerprint density at radius 1 is 1.00 bits per heavy atom. The van der Waals surface area contributed by atoms with Gasteiger partial charge in [0.15, 0.2) is 6.29 Å². The quantitative estimate of drug-likeness (QED) is 0.399. The first-order valence-corrected chi connectivity index (χ1v) is 8.42. The molecular formula is C16H30O7. The van der Waals surface area contributed by atoms with Crippen molar-refractivity contribution in [3.05, 3.63) is 0 Å². The lowest BCUT2D eigenvalue weighted by atomic mass is 9.99. The Morgan fingerprint density at radius 3 is 2.30 bits per heavy atom. The molecule has 1 heterocycles. The molecule has 1 fully saturated rings. The van der Waals surface area contributed by atoms with Crippen molar-refractivity contribution >= 4 is 5.97 Å². The highest BCUT2D eigenvalue weighted by Crippen LogP contribution is 2.22. The summed E-state index contributed by atoms with van der Waals surface area (Å²) in [5, 5.41) is 29.6. The number of carbonyl (C=O) groups is 1. The lowest BCUT2D eigenvalue weighted by Crippen LogP contribution is -2.59. The Kier molecular flexibility index (Phi) is 9.66. The minimum absolute atomic E-state index is 0.197. The van der Waals surface area contributed by atoms with E-state index in [9.17, 15) is 20.1 Å². The summed E-state index contributed by atoms with van der Waals surface area (Å²) in [5.41, 5.74) is 0. The molecule has 0 unspecified atom stereocenters. The molecule has 23 heavy (non-hydrogen) atoms. The molecule has 1 rings (SSSR count). The normalized spacial score (nSPS) is 31.1. The van der Waals surface area contributed by atoms with Crippen LogP contribution in [0.5, 0.6) is 0 Å². The van der Waals surface area contributed by atoms with Crippen LogP contribution in [0.3, 0.4) is 0 Å². The molecule has 0 aromatic rings. The number of hydrogen-bond acceptors (Lipinski definition) is 7. The van der Waals surface area contributed by atoms with Gasteiger partial charge in [0.05, 0.1) is 0 Å². The number of ether oxygens (including phenoxy) is 3. The second-order valence-electron chi connectivity index (χ2n) is 5.96. The Balaban J connectivity index is 2.33.